The van der Waals surface area contributed by atoms with Crippen molar-refractivity contribution in [2.24, 2.45) is 0 Å². The molecule has 0 heterocycles. The lowest BCUT2D eigenvalue weighted by molar-refractivity contribution is -0.140. The number of ether oxygens (including phenoxy) is 1. The second-order valence-electron chi connectivity index (χ2n) is 4.18. The number of hydrogen-bond donors (Lipinski definition) is 0. The summed E-state index contributed by atoms with van der Waals surface area (Å²) in [5.74, 6) is 0.0922. The van der Waals surface area contributed by atoms with Gasteiger partial charge in [0.1, 0.15) is 6.10 Å². The Morgan fingerprint density at radius 2 is 1.71 bits per heavy atom. The molecule has 0 aromatic rings. The molecule has 0 aromatic carbocycles. The van der Waals surface area contributed by atoms with Crippen molar-refractivity contribution in [1.29, 1.82) is 0 Å². The zero-order chi connectivity index (χ0) is 13.3. The third-order valence-corrected chi connectivity index (χ3v) is 3.19. The third-order valence-electron chi connectivity index (χ3n) is 3.19. The second kappa shape index (κ2) is 9.42. The first-order valence-corrected chi connectivity index (χ1v) is 6.64. The van der Waals surface area contributed by atoms with E-state index in [2.05, 4.69) is 18.7 Å². The number of nitrogens with zero attached hydrogens (tertiary/aromatic N) is 2. The number of methoxy groups -OCH3 is 1. The van der Waals surface area contributed by atoms with Crippen LogP contribution in [0, 0.1) is 0 Å². The molecule has 0 aliphatic carbocycles. The highest BCUT2D eigenvalue weighted by atomic mass is 16.5. The van der Waals surface area contributed by atoms with E-state index < -0.39 is 0 Å². The molecule has 0 fully saturated rings. The van der Waals surface area contributed by atoms with Crippen molar-refractivity contribution in [2.75, 3.05) is 39.8 Å². The topological polar surface area (TPSA) is 32.8 Å². The minimum absolute atomic E-state index is 0.0922. The summed E-state index contributed by atoms with van der Waals surface area (Å²) in [6.45, 7) is 12.9. The minimum atomic E-state index is -0.330. The van der Waals surface area contributed by atoms with Crippen molar-refractivity contribution in [2.45, 2.75) is 40.2 Å². The van der Waals surface area contributed by atoms with E-state index in [1.807, 2.05) is 11.8 Å². The van der Waals surface area contributed by atoms with Crippen molar-refractivity contribution >= 4 is 5.91 Å². The zero-order valence-electron chi connectivity index (χ0n) is 12.0. The van der Waals surface area contributed by atoms with Crippen LogP contribution in [0.3, 0.4) is 0 Å². The summed E-state index contributed by atoms with van der Waals surface area (Å²) in [7, 11) is 1.58. The minimum Gasteiger partial charge on any atom is -0.372 e. The molecule has 0 spiro atoms. The molecule has 4 nitrogen and oxygen atoms in total. The van der Waals surface area contributed by atoms with Gasteiger partial charge in [0.2, 0.25) is 0 Å². The highest BCUT2D eigenvalue weighted by Gasteiger charge is 2.18. The highest BCUT2D eigenvalue weighted by Crippen LogP contribution is 2.01. The smallest absolute Gasteiger partial charge is 0.251 e. The maximum absolute atomic E-state index is 11.9. The monoisotopic (exact) mass is 244 g/mol. The van der Waals surface area contributed by atoms with E-state index >= 15 is 0 Å². The van der Waals surface area contributed by atoms with Gasteiger partial charge in [-0.1, -0.05) is 13.8 Å². The summed E-state index contributed by atoms with van der Waals surface area (Å²) in [4.78, 5) is 16.2. The fraction of sp³-hybridized carbons (Fsp3) is 0.923. The van der Waals surface area contributed by atoms with Crippen LogP contribution in [0.25, 0.3) is 0 Å². The van der Waals surface area contributed by atoms with E-state index in [4.69, 9.17) is 4.74 Å². The summed E-state index contributed by atoms with van der Waals surface area (Å²) >= 11 is 0. The van der Waals surface area contributed by atoms with Gasteiger partial charge in [-0.15, -0.1) is 0 Å². The molecule has 4 heteroatoms. The fourth-order valence-electron chi connectivity index (χ4n) is 1.81. The van der Waals surface area contributed by atoms with Gasteiger partial charge in [0.05, 0.1) is 0 Å². The van der Waals surface area contributed by atoms with Crippen molar-refractivity contribution in [3.05, 3.63) is 0 Å². The van der Waals surface area contributed by atoms with Gasteiger partial charge in [-0.2, -0.15) is 0 Å². The predicted molar refractivity (Wildman–Crippen MR) is 71.1 cm³/mol. The quantitative estimate of drug-likeness (QED) is 0.617. The van der Waals surface area contributed by atoms with Crippen LogP contribution in [0.2, 0.25) is 0 Å². The fourth-order valence-corrected chi connectivity index (χ4v) is 1.81. The molecule has 0 saturated carbocycles. The van der Waals surface area contributed by atoms with Crippen LogP contribution in [0.4, 0.5) is 0 Å². The van der Waals surface area contributed by atoms with Gasteiger partial charge in [-0.3, -0.25) is 4.79 Å². The Morgan fingerprint density at radius 3 is 2.12 bits per heavy atom. The van der Waals surface area contributed by atoms with E-state index in [0.717, 1.165) is 39.1 Å². The number of hydrogen-bond acceptors (Lipinski definition) is 3. The lowest BCUT2D eigenvalue weighted by atomic mass is 10.3. The molecule has 0 radical (unpaired) electrons. The van der Waals surface area contributed by atoms with Crippen LogP contribution in [-0.4, -0.2) is 61.6 Å². The average molecular weight is 244 g/mol. The van der Waals surface area contributed by atoms with E-state index in [1.54, 1.807) is 14.0 Å². The molecule has 0 saturated heterocycles. The van der Waals surface area contributed by atoms with Crippen molar-refractivity contribution in [1.82, 2.24) is 9.80 Å². The Labute approximate surface area is 106 Å². The van der Waals surface area contributed by atoms with Gasteiger partial charge < -0.3 is 14.5 Å². The summed E-state index contributed by atoms with van der Waals surface area (Å²) in [6, 6.07) is 0. The molecular formula is C13H28N2O2. The van der Waals surface area contributed by atoms with Gasteiger partial charge in [-0.25, -0.2) is 0 Å². The second-order valence-corrected chi connectivity index (χ2v) is 4.18. The van der Waals surface area contributed by atoms with Crippen molar-refractivity contribution in [3.8, 4) is 0 Å². The maximum Gasteiger partial charge on any atom is 0.251 e. The van der Waals surface area contributed by atoms with Crippen molar-refractivity contribution in [3.63, 3.8) is 0 Å². The maximum atomic E-state index is 11.9. The summed E-state index contributed by atoms with van der Waals surface area (Å²) in [6.07, 6.45) is 0.695. The van der Waals surface area contributed by atoms with Crippen LogP contribution >= 0.6 is 0 Å². The van der Waals surface area contributed by atoms with E-state index in [1.165, 1.54) is 0 Å². The van der Waals surface area contributed by atoms with E-state index in [-0.39, 0.29) is 12.0 Å². The van der Waals surface area contributed by atoms with E-state index in [9.17, 15) is 4.79 Å². The normalized spacial score (nSPS) is 12.8. The molecule has 0 aliphatic heterocycles. The Kier molecular flexibility index (Phi) is 9.09. The molecule has 0 aromatic heterocycles. The Hall–Kier alpha value is -0.610. The average Bonchev–Trinajstić information content (AvgIpc) is 2.37. The SMILES string of the molecule is CCN(CC)CCCN(CC)C(=O)C(C)OC. The highest BCUT2D eigenvalue weighted by molar-refractivity contribution is 5.80. The van der Waals surface area contributed by atoms with Gasteiger partial charge in [0.25, 0.3) is 5.91 Å². The lowest BCUT2D eigenvalue weighted by Gasteiger charge is -2.25. The Balaban J connectivity index is 4.01. The molecule has 0 aliphatic rings. The summed E-state index contributed by atoms with van der Waals surface area (Å²) in [5, 5.41) is 0. The molecule has 1 amide bonds. The lowest BCUT2D eigenvalue weighted by Crippen LogP contribution is -2.40. The number of carbonyl (C=O) groups excluding carboxylic acids is 1. The molecule has 1 unspecified atom stereocenters. The van der Waals surface area contributed by atoms with Crippen LogP contribution in [0.1, 0.15) is 34.1 Å². The van der Waals surface area contributed by atoms with Gasteiger partial charge in [0, 0.05) is 20.2 Å². The van der Waals surface area contributed by atoms with Gasteiger partial charge >= 0.3 is 0 Å². The summed E-state index contributed by atoms with van der Waals surface area (Å²) < 4.78 is 5.06. The molecule has 0 rings (SSSR count). The van der Waals surface area contributed by atoms with Crippen molar-refractivity contribution < 1.29 is 9.53 Å². The van der Waals surface area contributed by atoms with E-state index in [0.29, 0.717) is 0 Å². The van der Waals surface area contributed by atoms with Gasteiger partial charge in [-0.05, 0) is 39.9 Å². The standard InChI is InChI=1S/C13H28N2O2/c1-6-14(7-2)10-9-11-15(8-3)13(16)12(4)17-5/h12H,6-11H2,1-5H3. The number of rotatable bonds is 9. The largest absolute Gasteiger partial charge is 0.372 e. The van der Waals surface area contributed by atoms with Crippen LogP contribution in [0.15, 0.2) is 0 Å². The Morgan fingerprint density at radius 1 is 1.12 bits per heavy atom. The molecule has 0 N–H and O–H groups in total. The third kappa shape index (κ3) is 6.03. The summed E-state index contributed by atoms with van der Waals surface area (Å²) in [5.41, 5.74) is 0. The molecule has 0 bridgehead atoms. The number of carbonyl (C=O) groups is 1. The molecule has 1 atom stereocenters. The molecule has 102 valence electrons. The first-order valence-electron chi connectivity index (χ1n) is 6.64. The Bertz CT molecular complexity index is 206. The van der Waals surface area contributed by atoms with Crippen LogP contribution in [0.5, 0.6) is 0 Å². The van der Waals surface area contributed by atoms with Crippen LogP contribution < -0.4 is 0 Å². The number of amides is 1. The first kappa shape index (κ1) is 16.4. The molecule has 17 heavy (non-hydrogen) atoms. The number of likely N-dealkylation sites (N-methyl/N-ethyl adjacent to an activating group) is 1. The zero-order valence-corrected chi connectivity index (χ0v) is 12.0. The predicted octanol–water partition coefficient (Wildman–Crippen LogP) is 1.60. The molecular weight excluding hydrogens is 216 g/mol. The van der Waals surface area contributed by atoms with Crippen LogP contribution in [-0.2, 0) is 9.53 Å². The first-order chi connectivity index (χ1) is 8.10. The van der Waals surface area contributed by atoms with Gasteiger partial charge in [0.15, 0.2) is 0 Å².